The molecule has 84 valence electrons. The van der Waals surface area contributed by atoms with Crippen LogP contribution >= 0.6 is 0 Å². The molecule has 2 rings (SSSR count). The molecule has 0 spiro atoms. The lowest BCUT2D eigenvalue weighted by Gasteiger charge is -2.14. The van der Waals surface area contributed by atoms with Gasteiger partial charge in [0.1, 0.15) is 5.78 Å². The van der Waals surface area contributed by atoms with Gasteiger partial charge in [0, 0.05) is 26.1 Å². The molecule has 0 N–H and O–H groups in total. The molecule has 2 fully saturated rings. The van der Waals surface area contributed by atoms with Crippen molar-refractivity contribution in [2.24, 2.45) is 5.92 Å². The van der Waals surface area contributed by atoms with Gasteiger partial charge in [0.05, 0.1) is 25.2 Å². The molecule has 2 heterocycles. The zero-order chi connectivity index (χ0) is 10.9. The molecule has 0 aromatic rings. The standard InChI is InChI=1S/C6H9NO.C5H8O2/c7-5-6-1-3-8-4-2-6;6-5-1-3-7-4-2-5/h6H,1-4H2;1-4H2. The van der Waals surface area contributed by atoms with Gasteiger partial charge < -0.3 is 9.47 Å². The van der Waals surface area contributed by atoms with E-state index in [4.69, 9.17) is 14.7 Å². The van der Waals surface area contributed by atoms with Crippen LogP contribution in [0.3, 0.4) is 0 Å². The number of hydrogen-bond acceptors (Lipinski definition) is 4. The largest absolute Gasteiger partial charge is 0.381 e. The summed E-state index contributed by atoms with van der Waals surface area (Å²) in [4.78, 5) is 10.4. The maximum atomic E-state index is 10.4. The van der Waals surface area contributed by atoms with Crippen molar-refractivity contribution >= 4 is 5.78 Å². The minimum Gasteiger partial charge on any atom is -0.381 e. The third-order valence-electron chi connectivity index (χ3n) is 2.45. The molecule has 2 saturated heterocycles. The number of rotatable bonds is 0. The second kappa shape index (κ2) is 7.38. The fraction of sp³-hybridized carbons (Fsp3) is 0.818. The molecule has 0 aliphatic carbocycles. The van der Waals surface area contributed by atoms with Crippen molar-refractivity contribution in [1.29, 1.82) is 5.26 Å². The number of Topliss-reactive ketones (excluding diaryl/α,β-unsaturated/α-hetero) is 1. The van der Waals surface area contributed by atoms with E-state index in [1.807, 2.05) is 0 Å². The summed E-state index contributed by atoms with van der Waals surface area (Å²) < 4.78 is 9.97. The second-order valence-electron chi connectivity index (χ2n) is 3.67. The van der Waals surface area contributed by atoms with Gasteiger partial charge in [-0.15, -0.1) is 0 Å². The maximum Gasteiger partial charge on any atom is 0.137 e. The summed E-state index contributed by atoms with van der Waals surface area (Å²) in [6.45, 7) is 2.83. The van der Waals surface area contributed by atoms with E-state index in [2.05, 4.69) is 6.07 Å². The summed E-state index contributed by atoms with van der Waals surface area (Å²) in [5.41, 5.74) is 0. The average molecular weight is 211 g/mol. The number of nitrogens with zero attached hydrogens (tertiary/aromatic N) is 1. The molecule has 4 heteroatoms. The quantitative estimate of drug-likeness (QED) is 0.606. The van der Waals surface area contributed by atoms with E-state index < -0.39 is 0 Å². The van der Waals surface area contributed by atoms with Crippen molar-refractivity contribution < 1.29 is 14.3 Å². The first-order valence-electron chi connectivity index (χ1n) is 5.39. The van der Waals surface area contributed by atoms with E-state index in [1.165, 1.54) is 0 Å². The second-order valence-corrected chi connectivity index (χ2v) is 3.67. The van der Waals surface area contributed by atoms with Gasteiger partial charge in [-0.05, 0) is 12.8 Å². The summed E-state index contributed by atoms with van der Waals surface area (Å²) >= 11 is 0. The van der Waals surface area contributed by atoms with E-state index in [0.29, 0.717) is 31.8 Å². The van der Waals surface area contributed by atoms with Crippen LogP contribution in [0.1, 0.15) is 25.7 Å². The number of ether oxygens (including phenoxy) is 2. The van der Waals surface area contributed by atoms with E-state index >= 15 is 0 Å². The zero-order valence-corrected chi connectivity index (χ0v) is 8.91. The van der Waals surface area contributed by atoms with Crippen LogP contribution in [0, 0.1) is 17.2 Å². The monoisotopic (exact) mass is 211 g/mol. The van der Waals surface area contributed by atoms with Gasteiger partial charge in [-0.25, -0.2) is 0 Å². The number of ketones is 1. The molecule has 0 radical (unpaired) electrons. The van der Waals surface area contributed by atoms with E-state index in [-0.39, 0.29) is 5.92 Å². The number of carbonyl (C=O) groups is 1. The van der Waals surface area contributed by atoms with Crippen molar-refractivity contribution in [3.63, 3.8) is 0 Å². The molecule has 0 saturated carbocycles. The Balaban J connectivity index is 0.000000151. The van der Waals surface area contributed by atoms with Crippen LogP contribution in [-0.2, 0) is 14.3 Å². The van der Waals surface area contributed by atoms with Gasteiger partial charge in [-0.3, -0.25) is 4.79 Å². The SMILES string of the molecule is N#CC1CCOCC1.O=C1CCOCC1. The first-order chi connectivity index (χ1) is 7.33. The topological polar surface area (TPSA) is 59.3 Å². The first kappa shape index (κ1) is 12.2. The average Bonchev–Trinajstić information content (AvgIpc) is 2.32. The number of carbonyl (C=O) groups excluding carboxylic acids is 1. The highest BCUT2D eigenvalue weighted by Gasteiger charge is 2.11. The van der Waals surface area contributed by atoms with Crippen LogP contribution in [0.25, 0.3) is 0 Å². The first-order valence-corrected chi connectivity index (χ1v) is 5.39. The van der Waals surface area contributed by atoms with Crippen molar-refractivity contribution in [3.8, 4) is 6.07 Å². The van der Waals surface area contributed by atoms with Crippen LogP contribution in [-0.4, -0.2) is 32.2 Å². The molecule has 0 unspecified atom stereocenters. The normalized spacial score (nSPS) is 22.5. The molecule has 0 amide bonds. The van der Waals surface area contributed by atoms with Crippen molar-refractivity contribution in [3.05, 3.63) is 0 Å². The van der Waals surface area contributed by atoms with Crippen LogP contribution in [0.5, 0.6) is 0 Å². The van der Waals surface area contributed by atoms with Crippen molar-refractivity contribution in [2.75, 3.05) is 26.4 Å². The molecule has 4 nitrogen and oxygen atoms in total. The fourth-order valence-corrected chi connectivity index (χ4v) is 1.43. The molecule has 2 aliphatic heterocycles. The van der Waals surface area contributed by atoms with Crippen LogP contribution in [0.4, 0.5) is 0 Å². The molecular weight excluding hydrogens is 194 g/mol. The minimum absolute atomic E-state index is 0.267. The predicted octanol–water partition coefficient (Wildman–Crippen LogP) is 1.30. The van der Waals surface area contributed by atoms with Gasteiger partial charge in [0.2, 0.25) is 0 Å². The molecule has 0 aromatic carbocycles. The molecule has 0 atom stereocenters. The maximum absolute atomic E-state index is 10.4. The minimum atomic E-state index is 0.267. The molecular formula is C11H17NO3. The van der Waals surface area contributed by atoms with Crippen LogP contribution < -0.4 is 0 Å². The third kappa shape index (κ3) is 5.50. The van der Waals surface area contributed by atoms with E-state index in [1.54, 1.807) is 0 Å². The Bertz CT molecular complexity index is 220. The molecule has 0 aromatic heterocycles. The van der Waals surface area contributed by atoms with Gasteiger partial charge >= 0.3 is 0 Å². The lowest BCUT2D eigenvalue weighted by molar-refractivity contribution is -0.124. The lowest BCUT2D eigenvalue weighted by atomic mass is 10.0. The Kier molecular flexibility index (Phi) is 5.98. The Morgan fingerprint density at radius 3 is 1.93 bits per heavy atom. The van der Waals surface area contributed by atoms with E-state index in [9.17, 15) is 4.79 Å². The Morgan fingerprint density at radius 2 is 1.60 bits per heavy atom. The third-order valence-corrected chi connectivity index (χ3v) is 2.45. The van der Waals surface area contributed by atoms with Gasteiger partial charge in [-0.1, -0.05) is 0 Å². The highest BCUT2D eigenvalue weighted by Crippen LogP contribution is 2.12. The summed E-state index contributed by atoms with van der Waals surface area (Å²) in [7, 11) is 0. The summed E-state index contributed by atoms with van der Waals surface area (Å²) in [6.07, 6.45) is 3.10. The predicted molar refractivity (Wildman–Crippen MR) is 54.2 cm³/mol. The summed E-state index contributed by atoms with van der Waals surface area (Å²) in [5, 5.41) is 8.39. The summed E-state index contributed by atoms with van der Waals surface area (Å²) in [5.74, 6) is 0.606. The molecule has 2 aliphatic rings. The van der Waals surface area contributed by atoms with Gasteiger partial charge in [0.25, 0.3) is 0 Å². The Hall–Kier alpha value is -0.920. The van der Waals surface area contributed by atoms with Gasteiger partial charge in [0.15, 0.2) is 0 Å². The Morgan fingerprint density at radius 1 is 1.07 bits per heavy atom. The van der Waals surface area contributed by atoms with Crippen LogP contribution in [0.15, 0.2) is 0 Å². The zero-order valence-electron chi connectivity index (χ0n) is 8.91. The van der Waals surface area contributed by atoms with Crippen molar-refractivity contribution in [2.45, 2.75) is 25.7 Å². The smallest absolute Gasteiger partial charge is 0.137 e. The number of nitriles is 1. The number of hydrogen-bond donors (Lipinski definition) is 0. The van der Waals surface area contributed by atoms with E-state index in [0.717, 1.165) is 26.1 Å². The highest BCUT2D eigenvalue weighted by atomic mass is 16.5. The summed E-state index contributed by atoms with van der Waals surface area (Å²) in [6, 6.07) is 2.22. The van der Waals surface area contributed by atoms with Gasteiger partial charge in [-0.2, -0.15) is 5.26 Å². The highest BCUT2D eigenvalue weighted by molar-refractivity contribution is 5.78. The molecule has 0 bridgehead atoms. The lowest BCUT2D eigenvalue weighted by Crippen LogP contribution is -2.14. The Labute approximate surface area is 90.2 Å². The molecule has 15 heavy (non-hydrogen) atoms. The van der Waals surface area contributed by atoms with Crippen molar-refractivity contribution in [1.82, 2.24) is 0 Å². The fourth-order valence-electron chi connectivity index (χ4n) is 1.43. The van der Waals surface area contributed by atoms with Crippen LogP contribution in [0.2, 0.25) is 0 Å².